The van der Waals surface area contributed by atoms with Gasteiger partial charge in [-0.2, -0.15) is 0 Å². The Hall–Kier alpha value is -0.700. The SMILES string of the molecule is C/C(N)=C/c1ccc(Br)o1. The molecule has 0 aliphatic carbocycles. The summed E-state index contributed by atoms with van der Waals surface area (Å²) in [7, 11) is 0. The standard InChI is InChI=1S/C7H8BrNO/c1-5(9)4-6-2-3-7(8)10-6/h2-4H,9H2,1H3/b5-4-. The van der Waals surface area contributed by atoms with Crippen molar-refractivity contribution < 1.29 is 4.42 Å². The summed E-state index contributed by atoms with van der Waals surface area (Å²) in [6.45, 7) is 1.82. The van der Waals surface area contributed by atoms with Gasteiger partial charge in [0.15, 0.2) is 4.67 Å². The third kappa shape index (κ3) is 1.92. The molecule has 1 aromatic rings. The van der Waals surface area contributed by atoms with Crippen molar-refractivity contribution in [2.75, 3.05) is 0 Å². The van der Waals surface area contributed by atoms with E-state index in [1.54, 1.807) is 6.08 Å². The average Bonchev–Trinajstić information content (AvgIpc) is 2.13. The Morgan fingerprint density at radius 1 is 1.70 bits per heavy atom. The van der Waals surface area contributed by atoms with Gasteiger partial charge in [0.05, 0.1) is 0 Å². The second-order valence-electron chi connectivity index (χ2n) is 2.03. The highest BCUT2D eigenvalue weighted by Gasteiger charge is 1.93. The monoisotopic (exact) mass is 201 g/mol. The minimum atomic E-state index is 0.722. The Labute approximate surface area is 67.8 Å². The van der Waals surface area contributed by atoms with Gasteiger partial charge in [-0.3, -0.25) is 0 Å². The zero-order valence-electron chi connectivity index (χ0n) is 5.60. The highest BCUT2D eigenvalue weighted by molar-refractivity contribution is 9.10. The summed E-state index contributed by atoms with van der Waals surface area (Å²) in [6, 6.07) is 3.68. The quantitative estimate of drug-likeness (QED) is 0.759. The first-order valence-corrected chi connectivity index (χ1v) is 3.67. The number of halogens is 1. The largest absolute Gasteiger partial charge is 0.450 e. The molecule has 0 saturated heterocycles. The predicted molar refractivity (Wildman–Crippen MR) is 44.2 cm³/mol. The van der Waals surface area contributed by atoms with Crippen molar-refractivity contribution in [3.8, 4) is 0 Å². The van der Waals surface area contributed by atoms with Gasteiger partial charge in [-0.1, -0.05) is 0 Å². The fourth-order valence-electron chi connectivity index (χ4n) is 0.630. The highest BCUT2D eigenvalue weighted by atomic mass is 79.9. The number of rotatable bonds is 1. The van der Waals surface area contributed by atoms with Crippen molar-refractivity contribution in [3.05, 3.63) is 28.3 Å². The van der Waals surface area contributed by atoms with E-state index >= 15 is 0 Å². The van der Waals surface area contributed by atoms with Crippen LogP contribution in [0.3, 0.4) is 0 Å². The first-order valence-electron chi connectivity index (χ1n) is 2.87. The van der Waals surface area contributed by atoms with Gasteiger partial charge in [0.25, 0.3) is 0 Å². The minimum Gasteiger partial charge on any atom is -0.450 e. The average molecular weight is 202 g/mol. The van der Waals surface area contributed by atoms with Gasteiger partial charge in [0.2, 0.25) is 0 Å². The summed E-state index contributed by atoms with van der Waals surface area (Å²) >= 11 is 3.19. The predicted octanol–water partition coefficient (Wildman–Crippen LogP) is 2.36. The maximum Gasteiger partial charge on any atom is 0.169 e. The zero-order chi connectivity index (χ0) is 7.56. The van der Waals surface area contributed by atoms with Crippen LogP contribution in [0.25, 0.3) is 6.08 Å². The van der Waals surface area contributed by atoms with E-state index in [1.165, 1.54) is 0 Å². The number of nitrogens with two attached hydrogens (primary N) is 1. The van der Waals surface area contributed by atoms with Crippen molar-refractivity contribution in [1.82, 2.24) is 0 Å². The lowest BCUT2D eigenvalue weighted by Gasteiger charge is -1.86. The number of hydrogen-bond acceptors (Lipinski definition) is 2. The molecule has 3 heteroatoms. The lowest BCUT2D eigenvalue weighted by molar-refractivity contribution is 0.531. The molecule has 1 aromatic heterocycles. The van der Waals surface area contributed by atoms with Crippen molar-refractivity contribution >= 4 is 22.0 Å². The normalized spacial score (nSPS) is 12.0. The van der Waals surface area contributed by atoms with Crippen LogP contribution in [0, 0.1) is 0 Å². The summed E-state index contributed by atoms with van der Waals surface area (Å²) in [6.07, 6.45) is 1.77. The van der Waals surface area contributed by atoms with Gasteiger partial charge < -0.3 is 10.2 Å². The summed E-state index contributed by atoms with van der Waals surface area (Å²) < 4.78 is 5.88. The molecule has 0 unspecified atom stereocenters. The van der Waals surface area contributed by atoms with Crippen LogP contribution < -0.4 is 5.73 Å². The van der Waals surface area contributed by atoms with E-state index in [2.05, 4.69) is 15.9 Å². The lowest BCUT2D eigenvalue weighted by Crippen LogP contribution is -1.88. The van der Waals surface area contributed by atoms with Crippen LogP contribution in [-0.2, 0) is 0 Å². The molecule has 0 fully saturated rings. The maximum atomic E-state index is 5.42. The fraction of sp³-hybridized carbons (Fsp3) is 0.143. The van der Waals surface area contributed by atoms with E-state index in [-0.39, 0.29) is 0 Å². The van der Waals surface area contributed by atoms with E-state index in [1.807, 2.05) is 19.1 Å². The number of hydrogen-bond donors (Lipinski definition) is 1. The Bertz CT molecular complexity index is 248. The van der Waals surface area contributed by atoms with Crippen molar-refractivity contribution in [3.63, 3.8) is 0 Å². The van der Waals surface area contributed by atoms with Gasteiger partial charge in [0.1, 0.15) is 5.76 Å². The van der Waals surface area contributed by atoms with Crippen LogP contribution in [0.5, 0.6) is 0 Å². The molecule has 10 heavy (non-hydrogen) atoms. The molecular weight excluding hydrogens is 194 g/mol. The van der Waals surface area contributed by atoms with Gasteiger partial charge >= 0.3 is 0 Å². The van der Waals surface area contributed by atoms with E-state index in [4.69, 9.17) is 10.2 Å². The molecule has 1 rings (SSSR count). The van der Waals surface area contributed by atoms with Crippen molar-refractivity contribution in [1.29, 1.82) is 0 Å². The topological polar surface area (TPSA) is 39.2 Å². The third-order valence-corrected chi connectivity index (χ3v) is 1.39. The molecule has 0 aliphatic heterocycles. The lowest BCUT2D eigenvalue weighted by atomic mass is 10.4. The molecule has 0 radical (unpaired) electrons. The fourth-order valence-corrected chi connectivity index (χ4v) is 0.949. The number of allylic oxidation sites excluding steroid dienone is 1. The third-order valence-electron chi connectivity index (χ3n) is 0.964. The van der Waals surface area contributed by atoms with Crippen LogP contribution in [0.4, 0.5) is 0 Å². The number of furan rings is 1. The highest BCUT2D eigenvalue weighted by Crippen LogP contribution is 2.15. The zero-order valence-corrected chi connectivity index (χ0v) is 7.18. The van der Waals surface area contributed by atoms with Crippen molar-refractivity contribution in [2.24, 2.45) is 5.73 Å². The van der Waals surface area contributed by atoms with Crippen LogP contribution in [0.15, 0.2) is 26.9 Å². The molecule has 0 spiro atoms. The van der Waals surface area contributed by atoms with E-state index in [0.717, 1.165) is 16.1 Å². The molecule has 0 amide bonds. The Morgan fingerprint density at radius 3 is 2.80 bits per heavy atom. The smallest absolute Gasteiger partial charge is 0.169 e. The molecular formula is C7H8BrNO. The van der Waals surface area contributed by atoms with Crippen molar-refractivity contribution in [2.45, 2.75) is 6.92 Å². The molecule has 0 bridgehead atoms. The summed E-state index contributed by atoms with van der Waals surface area (Å²) in [4.78, 5) is 0. The summed E-state index contributed by atoms with van der Waals surface area (Å²) in [5.74, 6) is 0.770. The summed E-state index contributed by atoms with van der Waals surface area (Å²) in [5.41, 5.74) is 6.16. The molecule has 0 saturated carbocycles. The molecule has 54 valence electrons. The van der Waals surface area contributed by atoms with E-state index < -0.39 is 0 Å². The molecule has 0 aliphatic rings. The first kappa shape index (κ1) is 7.41. The molecule has 2 nitrogen and oxygen atoms in total. The Morgan fingerprint density at radius 2 is 2.40 bits per heavy atom. The molecule has 1 heterocycles. The second-order valence-corrected chi connectivity index (χ2v) is 2.81. The molecule has 0 atom stereocenters. The second kappa shape index (κ2) is 2.92. The van der Waals surface area contributed by atoms with E-state index in [9.17, 15) is 0 Å². The van der Waals surface area contributed by atoms with Gasteiger partial charge in [-0.05, 0) is 41.1 Å². The minimum absolute atomic E-state index is 0.722. The van der Waals surface area contributed by atoms with Crippen LogP contribution in [0.2, 0.25) is 0 Å². The van der Waals surface area contributed by atoms with E-state index in [0.29, 0.717) is 0 Å². The van der Waals surface area contributed by atoms with Crippen LogP contribution >= 0.6 is 15.9 Å². The summed E-state index contributed by atoms with van der Waals surface area (Å²) in [5, 5.41) is 0. The van der Waals surface area contributed by atoms with Crippen LogP contribution in [0.1, 0.15) is 12.7 Å². The van der Waals surface area contributed by atoms with Gasteiger partial charge in [-0.15, -0.1) is 0 Å². The molecule has 2 N–H and O–H groups in total. The molecule has 0 aromatic carbocycles. The maximum absolute atomic E-state index is 5.42. The Kier molecular flexibility index (Phi) is 2.17. The van der Waals surface area contributed by atoms with Crippen LogP contribution in [-0.4, -0.2) is 0 Å². The Balaban J connectivity index is 2.86. The van der Waals surface area contributed by atoms with Gasteiger partial charge in [0, 0.05) is 5.70 Å². The first-order chi connectivity index (χ1) is 4.68. The van der Waals surface area contributed by atoms with Gasteiger partial charge in [-0.25, -0.2) is 0 Å².